The molecule has 2 N–H and O–H groups in total. The van der Waals surface area contributed by atoms with Crippen LogP contribution in [0.2, 0.25) is 0 Å². The molecule has 3 aromatic rings. The van der Waals surface area contributed by atoms with Crippen LogP contribution in [0.1, 0.15) is 23.0 Å². The number of methoxy groups -OCH3 is 1. The Kier molecular flexibility index (Phi) is 4.95. The predicted octanol–water partition coefficient (Wildman–Crippen LogP) is 3.30. The number of carbonyl (C=O) groups is 1. The van der Waals surface area contributed by atoms with Gasteiger partial charge in [-0.3, -0.25) is 4.79 Å². The number of nitrogens with one attached hydrogen (secondary N) is 2. The second kappa shape index (κ2) is 7.55. The maximum Gasteiger partial charge on any atom is 0.240 e. The van der Waals surface area contributed by atoms with Gasteiger partial charge in [0, 0.05) is 5.69 Å². The van der Waals surface area contributed by atoms with E-state index in [1.807, 2.05) is 54.9 Å². The first-order chi connectivity index (χ1) is 13.5. The number of carbonyl (C=O) groups excluding carboxylic acids is 1. The molecule has 0 bridgehead atoms. The summed E-state index contributed by atoms with van der Waals surface area (Å²) in [6.07, 6.45) is 0. The van der Waals surface area contributed by atoms with Gasteiger partial charge in [0.2, 0.25) is 11.1 Å². The molecule has 2 atom stereocenters. The van der Waals surface area contributed by atoms with Crippen molar-refractivity contribution in [3.05, 3.63) is 65.5 Å². The number of aryl methyl sites for hydroxylation is 2. The largest absolute Gasteiger partial charge is 0.497 e. The smallest absolute Gasteiger partial charge is 0.240 e. The summed E-state index contributed by atoms with van der Waals surface area (Å²) in [4.78, 5) is 13.1. The maximum atomic E-state index is 13.1. The SMILES string of the molecule is COc1ccc(NC(=O)C2Sc3nnc(C)n3NC2c2ccc(C)cc2)cc1. The molecule has 0 radical (unpaired) electrons. The van der Waals surface area contributed by atoms with Gasteiger partial charge in [-0.05, 0) is 43.7 Å². The standard InChI is InChI=1S/C20H21N5O2S/c1-12-4-6-14(7-5-12)17-18(28-20-23-22-13(2)25(20)24-17)19(26)21-15-8-10-16(27-3)11-9-15/h4-11,17-18,24H,1-3H3,(H,21,26). The fourth-order valence-electron chi connectivity index (χ4n) is 3.07. The molecule has 0 fully saturated rings. The number of anilines is 1. The van der Waals surface area contributed by atoms with Gasteiger partial charge < -0.3 is 15.5 Å². The van der Waals surface area contributed by atoms with Gasteiger partial charge >= 0.3 is 0 Å². The molecular formula is C20H21N5O2S. The van der Waals surface area contributed by atoms with Crippen molar-refractivity contribution in [1.29, 1.82) is 0 Å². The topological polar surface area (TPSA) is 81.1 Å². The van der Waals surface area contributed by atoms with Crippen molar-refractivity contribution in [3.63, 3.8) is 0 Å². The van der Waals surface area contributed by atoms with Crippen molar-refractivity contribution in [2.75, 3.05) is 17.9 Å². The van der Waals surface area contributed by atoms with E-state index in [4.69, 9.17) is 4.74 Å². The fourth-order valence-corrected chi connectivity index (χ4v) is 4.20. The summed E-state index contributed by atoms with van der Waals surface area (Å²) in [6, 6.07) is 15.3. The zero-order valence-corrected chi connectivity index (χ0v) is 16.7. The number of hydrogen-bond donors (Lipinski definition) is 2. The van der Waals surface area contributed by atoms with Crippen LogP contribution >= 0.6 is 11.8 Å². The van der Waals surface area contributed by atoms with E-state index < -0.39 is 5.25 Å². The first-order valence-electron chi connectivity index (χ1n) is 8.92. The monoisotopic (exact) mass is 395 g/mol. The van der Waals surface area contributed by atoms with Crippen LogP contribution in [-0.4, -0.2) is 33.1 Å². The van der Waals surface area contributed by atoms with E-state index in [-0.39, 0.29) is 11.9 Å². The van der Waals surface area contributed by atoms with Crippen LogP contribution < -0.4 is 15.5 Å². The lowest BCUT2D eigenvalue weighted by molar-refractivity contribution is -0.116. The Hall–Kier alpha value is -3.00. The second-order valence-corrected chi connectivity index (χ2v) is 7.75. The van der Waals surface area contributed by atoms with Gasteiger partial charge in [-0.25, -0.2) is 4.68 Å². The summed E-state index contributed by atoms with van der Waals surface area (Å²) < 4.78 is 7.01. The van der Waals surface area contributed by atoms with E-state index in [0.29, 0.717) is 5.16 Å². The number of hydrogen-bond acceptors (Lipinski definition) is 6. The van der Waals surface area contributed by atoms with Crippen molar-refractivity contribution in [1.82, 2.24) is 14.9 Å². The van der Waals surface area contributed by atoms with E-state index in [1.165, 1.54) is 17.3 Å². The Labute approximate surface area is 167 Å². The molecule has 1 amide bonds. The fraction of sp³-hybridized carbons (Fsp3) is 0.250. The Morgan fingerprint density at radius 1 is 1.11 bits per heavy atom. The van der Waals surface area contributed by atoms with Gasteiger partial charge in [-0.1, -0.05) is 41.6 Å². The third-order valence-corrected chi connectivity index (χ3v) is 5.87. The van der Waals surface area contributed by atoms with Crippen molar-refractivity contribution < 1.29 is 9.53 Å². The maximum absolute atomic E-state index is 13.1. The minimum atomic E-state index is -0.402. The van der Waals surface area contributed by atoms with Gasteiger partial charge in [0.05, 0.1) is 13.2 Å². The number of benzene rings is 2. The predicted molar refractivity (Wildman–Crippen MR) is 109 cm³/mol. The van der Waals surface area contributed by atoms with E-state index in [9.17, 15) is 4.79 Å². The molecule has 2 unspecified atom stereocenters. The van der Waals surface area contributed by atoms with E-state index >= 15 is 0 Å². The number of thioether (sulfide) groups is 1. The zero-order chi connectivity index (χ0) is 19.7. The molecule has 28 heavy (non-hydrogen) atoms. The van der Waals surface area contributed by atoms with Gasteiger partial charge in [-0.2, -0.15) is 0 Å². The number of ether oxygens (including phenoxy) is 1. The number of aromatic nitrogens is 3. The molecular weight excluding hydrogens is 374 g/mol. The Morgan fingerprint density at radius 3 is 2.50 bits per heavy atom. The van der Waals surface area contributed by atoms with Crippen molar-refractivity contribution in [2.24, 2.45) is 0 Å². The minimum absolute atomic E-state index is 0.0971. The molecule has 0 spiro atoms. The number of amides is 1. The van der Waals surface area contributed by atoms with Crippen molar-refractivity contribution >= 4 is 23.4 Å². The van der Waals surface area contributed by atoms with Gasteiger partial charge in [0.15, 0.2) is 0 Å². The number of fused-ring (bicyclic) bond motifs is 1. The van der Waals surface area contributed by atoms with Crippen molar-refractivity contribution in [2.45, 2.75) is 30.3 Å². The van der Waals surface area contributed by atoms with Crippen LogP contribution in [0.25, 0.3) is 0 Å². The highest BCUT2D eigenvalue weighted by Crippen LogP contribution is 2.37. The van der Waals surface area contributed by atoms with Crippen molar-refractivity contribution in [3.8, 4) is 5.75 Å². The van der Waals surface area contributed by atoms with E-state index in [0.717, 1.165) is 22.8 Å². The summed E-state index contributed by atoms with van der Waals surface area (Å²) >= 11 is 1.41. The quantitative estimate of drug-likeness (QED) is 0.706. The summed E-state index contributed by atoms with van der Waals surface area (Å²) in [5.41, 5.74) is 6.33. The normalized spacial score (nSPS) is 18.1. The molecule has 2 aromatic carbocycles. The first-order valence-corrected chi connectivity index (χ1v) is 9.80. The Bertz CT molecular complexity index is 985. The van der Waals surface area contributed by atoms with Gasteiger partial charge in [0.25, 0.3) is 0 Å². The van der Waals surface area contributed by atoms with Crippen LogP contribution in [-0.2, 0) is 4.79 Å². The molecule has 7 nitrogen and oxygen atoms in total. The average Bonchev–Trinajstić information content (AvgIpc) is 3.08. The molecule has 4 rings (SSSR count). The average molecular weight is 395 g/mol. The molecule has 144 valence electrons. The molecule has 1 aliphatic heterocycles. The lowest BCUT2D eigenvalue weighted by Crippen LogP contribution is -2.41. The molecule has 2 heterocycles. The highest BCUT2D eigenvalue weighted by atomic mass is 32.2. The molecule has 0 aliphatic carbocycles. The molecule has 0 saturated carbocycles. The van der Waals surface area contributed by atoms with E-state index in [1.54, 1.807) is 7.11 Å². The highest BCUT2D eigenvalue weighted by molar-refractivity contribution is 8.00. The summed E-state index contributed by atoms with van der Waals surface area (Å²) in [7, 11) is 1.61. The van der Waals surface area contributed by atoms with E-state index in [2.05, 4.69) is 33.1 Å². The van der Waals surface area contributed by atoms with Crippen LogP contribution in [0.4, 0.5) is 5.69 Å². The summed E-state index contributed by atoms with van der Waals surface area (Å²) in [6.45, 7) is 3.93. The third kappa shape index (κ3) is 3.55. The Balaban J connectivity index is 1.62. The summed E-state index contributed by atoms with van der Waals surface area (Å²) in [5.74, 6) is 1.40. The van der Waals surface area contributed by atoms with Crippen LogP contribution in [0.5, 0.6) is 5.75 Å². The van der Waals surface area contributed by atoms with Crippen LogP contribution in [0.15, 0.2) is 53.7 Å². The number of nitrogens with zero attached hydrogens (tertiary/aromatic N) is 3. The third-order valence-electron chi connectivity index (χ3n) is 4.65. The highest BCUT2D eigenvalue weighted by Gasteiger charge is 2.37. The molecule has 1 aliphatic rings. The van der Waals surface area contributed by atoms with Crippen LogP contribution in [0.3, 0.4) is 0 Å². The number of rotatable bonds is 4. The molecule has 1 aromatic heterocycles. The molecule has 8 heteroatoms. The van der Waals surface area contributed by atoms with Gasteiger partial charge in [0.1, 0.15) is 16.8 Å². The Morgan fingerprint density at radius 2 is 1.82 bits per heavy atom. The lowest BCUT2D eigenvalue weighted by atomic mass is 10.0. The lowest BCUT2D eigenvalue weighted by Gasteiger charge is -2.32. The molecule has 0 saturated heterocycles. The zero-order valence-electron chi connectivity index (χ0n) is 15.8. The first kappa shape index (κ1) is 18.4. The summed E-state index contributed by atoms with van der Waals surface area (Å²) in [5, 5.41) is 11.6. The van der Waals surface area contributed by atoms with Crippen LogP contribution in [0, 0.1) is 13.8 Å². The second-order valence-electron chi connectivity index (χ2n) is 6.64. The van der Waals surface area contributed by atoms with Gasteiger partial charge in [-0.15, -0.1) is 10.2 Å². The minimum Gasteiger partial charge on any atom is -0.497 e.